The molecule has 2 rings (SSSR count). The molecule has 0 saturated carbocycles. The van der Waals surface area contributed by atoms with Gasteiger partial charge in [-0.15, -0.1) is 0 Å². The summed E-state index contributed by atoms with van der Waals surface area (Å²) in [5.74, 6) is -0.194. The molecular formula is C17H21FN2. The summed E-state index contributed by atoms with van der Waals surface area (Å²) < 4.78 is 14.1. The highest BCUT2D eigenvalue weighted by Crippen LogP contribution is 2.28. The summed E-state index contributed by atoms with van der Waals surface area (Å²) in [6.07, 6.45) is 0. The lowest BCUT2D eigenvalue weighted by molar-refractivity contribution is 0.561. The van der Waals surface area contributed by atoms with Gasteiger partial charge in [-0.2, -0.15) is 0 Å². The van der Waals surface area contributed by atoms with E-state index in [0.29, 0.717) is 12.1 Å². The third-order valence-corrected chi connectivity index (χ3v) is 3.54. The molecule has 0 heterocycles. The maximum Gasteiger partial charge on any atom is 0.128 e. The number of anilines is 1. The second-order valence-electron chi connectivity index (χ2n) is 4.90. The lowest BCUT2D eigenvalue weighted by Gasteiger charge is -2.32. The molecule has 1 unspecified atom stereocenters. The monoisotopic (exact) mass is 272 g/mol. The summed E-state index contributed by atoms with van der Waals surface area (Å²) in [4.78, 5) is 2.14. The molecule has 2 aromatic rings. The molecule has 0 aliphatic rings. The summed E-state index contributed by atoms with van der Waals surface area (Å²) in [6.45, 7) is 5.18. The summed E-state index contributed by atoms with van der Waals surface area (Å²) in [7, 11) is 0. The number of hydrogen-bond donors (Lipinski definition) is 1. The Hall–Kier alpha value is -1.87. The molecule has 0 saturated heterocycles. The van der Waals surface area contributed by atoms with E-state index in [1.807, 2.05) is 43.3 Å². The Morgan fingerprint density at radius 2 is 1.85 bits per heavy atom. The molecule has 0 bridgehead atoms. The van der Waals surface area contributed by atoms with Crippen LogP contribution in [-0.4, -0.2) is 13.1 Å². The summed E-state index contributed by atoms with van der Waals surface area (Å²) in [5.41, 5.74) is 8.70. The standard InChI is InChI=1S/C17H21FN2/c1-3-20(14-7-5-4-6-8-14)17(12-19)15-11-13(2)9-10-16(15)18/h4-11,17H,3,12,19H2,1-2H3. The van der Waals surface area contributed by atoms with Crippen molar-refractivity contribution in [2.75, 3.05) is 18.0 Å². The second-order valence-corrected chi connectivity index (χ2v) is 4.90. The molecule has 0 aliphatic carbocycles. The Kier molecular flexibility index (Phi) is 4.74. The first-order chi connectivity index (χ1) is 9.67. The molecule has 0 radical (unpaired) electrons. The lowest BCUT2D eigenvalue weighted by atomic mass is 10.0. The fraction of sp³-hybridized carbons (Fsp3) is 0.294. The molecule has 0 aromatic heterocycles. The number of nitrogens with two attached hydrogens (primary N) is 1. The van der Waals surface area contributed by atoms with Crippen molar-refractivity contribution in [3.05, 3.63) is 65.5 Å². The average molecular weight is 272 g/mol. The van der Waals surface area contributed by atoms with Crippen molar-refractivity contribution in [2.45, 2.75) is 19.9 Å². The van der Waals surface area contributed by atoms with E-state index in [1.54, 1.807) is 6.07 Å². The van der Waals surface area contributed by atoms with Gasteiger partial charge < -0.3 is 10.6 Å². The molecule has 2 nitrogen and oxygen atoms in total. The SMILES string of the molecule is CCN(c1ccccc1)C(CN)c1cc(C)ccc1F. The molecule has 1 atom stereocenters. The predicted molar refractivity (Wildman–Crippen MR) is 82.4 cm³/mol. The van der Waals surface area contributed by atoms with Crippen LogP contribution in [-0.2, 0) is 0 Å². The van der Waals surface area contributed by atoms with Gasteiger partial charge in [-0.1, -0.05) is 35.9 Å². The first kappa shape index (κ1) is 14.5. The van der Waals surface area contributed by atoms with Crippen molar-refractivity contribution >= 4 is 5.69 Å². The van der Waals surface area contributed by atoms with E-state index in [1.165, 1.54) is 6.07 Å². The fourth-order valence-corrected chi connectivity index (χ4v) is 2.54. The number of benzene rings is 2. The van der Waals surface area contributed by atoms with Gasteiger partial charge in [-0.05, 0) is 32.0 Å². The first-order valence-corrected chi connectivity index (χ1v) is 6.95. The second kappa shape index (κ2) is 6.53. The fourth-order valence-electron chi connectivity index (χ4n) is 2.54. The van der Waals surface area contributed by atoms with Crippen molar-refractivity contribution in [1.82, 2.24) is 0 Å². The molecule has 0 spiro atoms. The molecule has 2 N–H and O–H groups in total. The van der Waals surface area contributed by atoms with Crippen LogP contribution in [0.5, 0.6) is 0 Å². The highest BCUT2D eigenvalue weighted by Gasteiger charge is 2.21. The third kappa shape index (κ3) is 2.99. The Bertz CT molecular complexity index is 554. The minimum atomic E-state index is -0.194. The van der Waals surface area contributed by atoms with Crippen LogP contribution in [0.4, 0.5) is 10.1 Å². The first-order valence-electron chi connectivity index (χ1n) is 6.95. The van der Waals surface area contributed by atoms with Crippen molar-refractivity contribution in [2.24, 2.45) is 5.73 Å². The van der Waals surface area contributed by atoms with Crippen LogP contribution in [0.3, 0.4) is 0 Å². The van der Waals surface area contributed by atoms with E-state index in [4.69, 9.17) is 5.73 Å². The van der Waals surface area contributed by atoms with Gasteiger partial charge in [0.15, 0.2) is 0 Å². The van der Waals surface area contributed by atoms with E-state index in [2.05, 4.69) is 11.8 Å². The van der Waals surface area contributed by atoms with Crippen LogP contribution in [0.2, 0.25) is 0 Å². The Balaban J connectivity index is 2.42. The van der Waals surface area contributed by atoms with Crippen LogP contribution < -0.4 is 10.6 Å². The minimum absolute atomic E-state index is 0.151. The molecule has 2 aromatic carbocycles. The van der Waals surface area contributed by atoms with Crippen LogP contribution in [0.15, 0.2) is 48.5 Å². The van der Waals surface area contributed by atoms with Gasteiger partial charge in [0, 0.05) is 24.3 Å². The van der Waals surface area contributed by atoms with Crippen molar-refractivity contribution in [3.63, 3.8) is 0 Å². The maximum absolute atomic E-state index is 14.1. The van der Waals surface area contributed by atoms with Crippen LogP contribution >= 0.6 is 0 Å². The highest BCUT2D eigenvalue weighted by molar-refractivity contribution is 5.49. The van der Waals surface area contributed by atoms with Crippen LogP contribution in [0, 0.1) is 12.7 Å². The number of para-hydroxylation sites is 1. The number of likely N-dealkylation sites (N-methyl/N-ethyl adjacent to an activating group) is 1. The van der Waals surface area contributed by atoms with Crippen LogP contribution in [0.25, 0.3) is 0 Å². The van der Waals surface area contributed by atoms with Gasteiger partial charge in [0.2, 0.25) is 0 Å². The van der Waals surface area contributed by atoms with Gasteiger partial charge in [-0.25, -0.2) is 4.39 Å². The zero-order chi connectivity index (χ0) is 14.5. The molecule has 3 heteroatoms. The van der Waals surface area contributed by atoms with E-state index in [-0.39, 0.29) is 11.9 Å². The van der Waals surface area contributed by atoms with Crippen molar-refractivity contribution in [1.29, 1.82) is 0 Å². The Morgan fingerprint density at radius 3 is 2.45 bits per heavy atom. The normalized spacial score (nSPS) is 12.2. The van der Waals surface area contributed by atoms with Gasteiger partial charge in [-0.3, -0.25) is 0 Å². The molecule has 106 valence electrons. The van der Waals surface area contributed by atoms with Crippen molar-refractivity contribution < 1.29 is 4.39 Å². The maximum atomic E-state index is 14.1. The Morgan fingerprint density at radius 1 is 1.15 bits per heavy atom. The third-order valence-electron chi connectivity index (χ3n) is 3.54. The van der Waals surface area contributed by atoms with Crippen LogP contribution in [0.1, 0.15) is 24.1 Å². The number of aryl methyl sites for hydroxylation is 1. The lowest BCUT2D eigenvalue weighted by Crippen LogP contribution is -2.34. The predicted octanol–water partition coefficient (Wildman–Crippen LogP) is 3.66. The summed E-state index contributed by atoms with van der Waals surface area (Å²) >= 11 is 0. The average Bonchev–Trinajstić information content (AvgIpc) is 2.48. The van der Waals surface area contributed by atoms with E-state index in [0.717, 1.165) is 17.8 Å². The van der Waals surface area contributed by atoms with E-state index < -0.39 is 0 Å². The smallest absolute Gasteiger partial charge is 0.128 e. The summed E-state index contributed by atoms with van der Waals surface area (Å²) in [6, 6.07) is 15.0. The van der Waals surface area contributed by atoms with E-state index in [9.17, 15) is 4.39 Å². The minimum Gasteiger partial charge on any atom is -0.363 e. The number of halogens is 1. The Labute approximate surface area is 120 Å². The quantitative estimate of drug-likeness (QED) is 0.900. The molecule has 0 aliphatic heterocycles. The van der Waals surface area contributed by atoms with Gasteiger partial charge in [0.25, 0.3) is 0 Å². The number of hydrogen-bond acceptors (Lipinski definition) is 2. The zero-order valence-corrected chi connectivity index (χ0v) is 12.0. The molecule has 20 heavy (non-hydrogen) atoms. The molecule has 0 amide bonds. The highest BCUT2D eigenvalue weighted by atomic mass is 19.1. The molecule has 0 fully saturated rings. The molecular weight excluding hydrogens is 251 g/mol. The van der Waals surface area contributed by atoms with Gasteiger partial charge in [0.1, 0.15) is 5.82 Å². The van der Waals surface area contributed by atoms with Gasteiger partial charge >= 0.3 is 0 Å². The van der Waals surface area contributed by atoms with E-state index >= 15 is 0 Å². The largest absolute Gasteiger partial charge is 0.363 e. The number of nitrogens with zero attached hydrogens (tertiary/aromatic N) is 1. The topological polar surface area (TPSA) is 29.3 Å². The summed E-state index contributed by atoms with van der Waals surface area (Å²) in [5, 5.41) is 0. The number of rotatable bonds is 5. The van der Waals surface area contributed by atoms with Gasteiger partial charge in [0.05, 0.1) is 6.04 Å². The zero-order valence-electron chi connectivity index (χ0n) is 12.0. The van der Waals surface area contributed by atoms with Crippen molar-refractivity contribution in [3.8, 4) is 0 Å².